The van der Waals surface area contributed by atoms with Gasteiger partial charge in [-0.3, -0.25) is 18.7 Å². The van der Waals surface area contributed by atoms with Gasteiger partial charge in [0.25, 0.3) is 10.0 Å². The molecule has 1 aromatic carbocycles. The predicted octanol–water partition coefficient (Wildman–Crippen LogP) is 3.99. The van der Waals surface area contributed by atoms with Crippen LogP contribution in [0.25, 0.3) is 0 Å². The summed E-state index contributed by atoms with van der Waals surface area (Å²) in [6, 6.07) is 3.29. The summed E-state index contributed by atoms with van der Waals surface area (Å²) in [5, 5.41) is 13.4. The molecule has 0 spiro atoms. The Hall–Kier alpha value is -3.20. The molecule has 1 aromatic heterocycles. The Labute approximate surface area is 227 Å². The van der Waals surface area contributed by atoms with Crippen LogP contribution >= 0.6 is 11.6 Å². The standard InChI is InChI=1S/C23H27ClF3N5O6S/c1-4-30-12-17(18(24)29-30)39(36,37)31-11-14(10-22(7-8-22)19(28)33)38-16-6-5-13(9-15(16)31)32(20(34)35)21(2,3)23(25,26)27/h5-6,9,12,14H,4,7-8,10-11H2,1-3H3,(H2,28,33)(H,34,35)/t14-/m0/s1. The molecule has 2 amide bonds. The van der Waals surface area contributed by atoms with E-state index >= 15 is 0 Å². The molecule has 0 unspecified atom stereocenters. The van der Waals surface area contributed by atoms with Crippen molar-refractivity contribution in [2.24, 2.45) is 11.1 Å². The molecule has 11 nitrogen and oxygen atoms in total. The second kappa shape index (κ2) is 9.47. The highest BCUT2D eigenvalue weighted by atomic mass is 35.5. The monoisotopic (exact) mass is 593 g/mol. The summed E-state index contributed by atoms with van der Waals surface area (Å²) in [4.78, 5) is 23.8. The second-order valence-electron chi connectivity index (χ2n) is 10.1. The second-order valence-corrected chi connectivity index (χ2v) is 12.3. The molecule has 39 heavy (non-hydrogen) atoms. The van der Waals surface area contributed by atoms with Gasteiger partial charge in [-0.1, -0.05) is 11.6 Å². The summed E-state index contributed by atoms with van der Waals surface area (Å²) in [7, 11) is -4.48. The number of hydrogen-bond acceptors (Lipinski definition) is 6. The van der Waals surface area contributed by atoms with Crippen LogP contribution in [0.2, 0.25) is 5.15 Å². The van der Waals surface area contributed by atoms with E-state index in [-0.39, 0.29) is 39.4 Å². The fourth-order valence-electron chi connectivity index (χ4n) is 4.54. The van der Waals surface area contributed by atoms with Crippen LogP contribution in [0.5, 0.6) is 5.75 Å². The number of hydrogen-bond donors (Lipinski definition) is 2. The topological polar surface area (TPSA) is 148 Å². The van der Waals surface area contributed by atoms with Crippen molar-refractivity contribution in [3.8, 4) is 5.75 Å². The molecule has 4 rings (SSSR count). The first kappa shape index (κ1) is 28.8. The lowest BCUT2D eigenvalue weighted by molar-refractivity contribution is -0.175. The number of carbonyl (C=O) groups excluding carboxylic acids is 1. The number of carbonyl (C=O) groups is 2. The van der Waals surface area contributed by atoms with E-state index in [9.17, 15) is 36.3 Å². The van der Waals surface area contributed by atoms with Gasteiger partial charge in [-0.15, -0.1) is 0 Å². The number of benzene rings is 1. The van der Waals surface area contributed by atoms with E-state index in [2.05, 4.69) is 5.10 Å². The lowest BCUT2D eigenvalue weighted by Gasteiger charge is -2.40. The van der Waals surface area contributed by atoms with Crippen molar-refractivity contribution in [1.82, 2.24) is 9.78 Å². The minimum Gasteiger partial charge on any atom is -0.486 e. The maximum absolute atomic E-state index is 13.9. The molecule has 1 atom stereocenters. The quantitative estimate of drug-likeness (QED) is 0.470. The third kappa shape index (κ3) is 4.97. The van der Waals surface area contributed by atoms with Crippen molar-refractivity contribution in [2.45, 2.75) is 69.3 Å². The maximum atomic E-state index is 13.9. The number of ether oxygens (including phenoxy) is 1. The Morgan fingerprint density at radius 3 is 2.44 bits per heavy atom. The summed E-state index contributed by atoms with van der Waals surface area (Å²) in [6.45, 7) is 3.08. The van der Waals surface area contributed by atoms with Gasteiger partial charge < -0.3 is 15.6 Å². The smallest absolute Gasteiger partial charge is 0.412 e. The van der Waals surface area contributed by atoms with Gasteiger partial charge in [0.2, 0.25) is 5.91 Å². The van der Waals surface area contributed by atoms with Crippen LogP contribution in [0.3, 0.4) is 0 Å². The molecule has 2 aromatic rings. The zero-order valence-corrected chi connectivity index (χ0v) is 22.8. The van der Waals surface area contributed by atoms with Crippen molar-refractivity contribution < 1.29 is 41.0 Å². The van der Waals surface area contributed by atoms with Gasteiger partial charge in [0.15, 0.2) is 5.15 Å². The minimum atomic E-state index is -4.95. The van der Waals surface area contributed by atoms with Gasteiger partial charge in [-0.05, 0) is 51.8 Å². The summed E-state index contributed by atoms with van der Waals surface area (Å²) in [6.07, 6.45) is -5.34. The number of fused-ring (bicyclic) bond motifs is 1. The van der Waals surface area contributed by atoms with Crippen molar-refractivity contribution >= 4 is 45.0 Å². The number of carboxylic acid groups (broad SMARTS) is 1. The van der Waals surface area contributed by atoms with Crippen molar-refractivity contribution in [2.75, 3.05) is 15.7 Å². The van der Waals surface area contributed by atoms with E-state index in [0.29, 0.717) is 33.2 Å². The van der Waals surface area contributed by atoms with E-state index in [1.54, 1.807) is 6.92 Å². The van der Waals surface area contributed by atoms with E-state index in [4.69, 9.17) is 22.1 Å². The van der Waals surface area contributed by atoms with E-state index in [1.165, 1.54) is 16.9 Å². The molecule has 16 heteroatoms. The molecule has 2 heterocycles. The highest BCUT2D eigenvalue weighted by Crippen LogP contribution is 2.51. The molecule has 1 fully saturated rings. The molecular weight excluding hydrogens is 567 g/mol. The molecule has 2 aliphatic rings. The molecular formula is C23H27ClF3N5O6S. The van der Waals surface area contributed by atoms with Gasteiger partial charge in [-0.2, -0.15) is 18.3 Å². The Kier molecular flexibility index (Phi) is 6.99. The van der Waals surface area contributed by atoms with Crippen LogP contribution in [0.15, 0.2) is 29.3 Å². The number of aryl methyl sites for hydroxylation is 1. The number of halogens is 4. The van der Waals surface area contributed by atoms with Gasteiger partial charge in [0.1, 0.15) is 22.3 Å². The number of alkyl halides is 3. The molecule has 214 valence electrons. The summed E-state index contributed by atoms with van der Waals surface area (Å²) >= 11 is 6.14. The van der Waals surface area contributed by atoms with Crippen LogP contribution < -0.4 is 19.7 Å². The number of nitrogens with zero attached hydrogens (tertiary/aromatic N) is 4. The highest BCUT2D eigenvalue weighted by Gasteiger charge is 2.55. The number of primary amides is 1. The highest BCUT2D eigenvalue weighted by molar-refractivity contribution is 7.93. The van der Waals surface area contributed by atoms with Crippen molar-refractivity contribution in [3.05, 3.63) is 29.5 Å². The SMILES string of the molecule is CCn1cc(S(=O)(=O)N2C[C@H](CC3(C(N)=O)CC3)Oc3ccc(N(C(=O)O)C(C)(C)C(F)(F)F)cc32)c(Cl)n1. The Balaban J connectivity index is 1.85. The van der Waals surface area contributed by atoms with Crippen LogP contribution in [0.1, 0.15) is 40.0 Å². The van der Waals surface area contributed by atoms with Crippen LogP contribution in [0, 0.1) is 5.41 Å². The Morgan fingerprint density at radius 1 is 1.31 bits per heavy atom. The first-order chi connectivity index (χ1) is 17.9. The van der Waals surface area contributed by atoms with E-state index in [0.717, 1.165) is 16.4 Å². The van der Waals surface area contributed by atoms with Crippen LogP contribution in [0.4, 0.5) is 29.3 Å². The molecule has 3 N–H and O–H groups in total. The third-order valence-electron chi connectivity index (χ3n) is 7.15. The Morgan fingerprint density at radius 2 is 1.95 bits per heavy atom. The number of aromatic nitrogens is 2. The van der Waals surface area contributed by atoms with Gasteiger partial charge in [-0.25, -0.2) is 13.2 Å². The summed E-state index contributed by atoms with van der Waals surface area (Å²) in [5.74, 6) is -0.576. The first-order valence-corrected chi connectivity index (χ1v) is 13.7. The van der Waals surface area contributed by atoms with E-state index in [1.807, 2.05) is 0 Å². The molecule has 1 aliphatic carbocycles. The van der Waals surface area contributed by atoms with Crippen LogP contribution in [-0.2, 0) is 21.4 Å². The lowest BCUT2D eigenvalue weighted by Crippen LogP contribution is -2.57. The number of amides is 2. The fourth-order valence-corrected chi connectivity index (χ4v) is 6.49. The zero-order valence-electron chi connectivity index (χ0n) is 21.2. The number of rotatable bonds is 8. The molecule has 0 radical (unpaired) electrons. The molecule has 0 saturated heterocycles. The molecule has 1 aliphatic heterocycles. The average molecular weight is 594 g/mol. The average Bonchev–Trinajstić information content (AvgIpc) is 3.50. The number of sulfonamides is 1. The normalized spacial score (nSPS) is 18.7. The lowest BCUT2D eigenvalue weighted by atomic mass is 9.96. The Bertz CT molecular complexity index is 1420. The minimum absolute atomic E-state index is 0.0343. The van der Waals surface area contributed by atoms with Crippen LogP contribution in [-0.4, -0.2) is 59.7 Å². The number of nitrogens with two attached hydrogens (primary N) is 1. The first-order valence-electron chi connectivity index (χ1n) is 11.9. The zero-order chi connectivity index (χ0) is 29.1. The predicted molar refractivity (Wildman–Crippen MR) is 134 cm³/mol. The molecule has 1 saturated carbocycles. The fraction of sp³-hybridized carbons (Fsp3) is 0.522. The third-order valence-corrected chi connectivity index (χ3v) is 9.32. The maximum Gasteiger partial charge on any atom is 0.412 e. The largest absolute Gasteiger partial charge is 0.486 e. The molecule has 0 bridgehead atoms. The van der Waals surface area contributed by atoms with Gasteiger partial charge >= 0.3 is 12.3 Å². The summed E-state index contributed by atoms with van der Waals surface area (Å²) in [5.41, 5.74) is 1.20. The number of anilines is 2. The van der Waals surface area contributed by atoms with Gasteiger partial charge in [0.05, 0.1) is 23.3 Å². The van der Waals surface area contributed by atoms with Gasteiger partial charge in [0, 0.05) is 19.2 Å². The summed E-state index contributed by atoms with van der Waals surface area (Å²) < 4.78 is 77.3. The van der Waals surface area contributed by atoms with E-state index < -0.39 is 50.9 Å². The van der Waals surface area contributed by atoms with Crippen molar-refractivity contribution in [3.63, 3.8) is 0 Å². The van der Waals surface area contributed by atoms with Crippen molar-refractivity contribution in [1.29, 1.82) is 0 Å².